The smallest absolute Gasteiger partial charge is 0.0338 e. The molecule has 0 amide bonds. The average molecular weight is 217 g/mol. The molecule has 1 heteroatoms. The van der Waals surface area contributed by atoms with Crippen LogP contribution < -0.4 is 0 Å². The monoisotopic (exact) mass is 217 g/mol. The van der Waals surface area contributed by atoms with E-state index in [9.17, 15) is 0 Å². The van der Waals surface area contributed by atoms with E-state index >= 15 is 0 Å². The Morgan fingerprint density at radius 3 is 2.31 bits per heavy atom. The molecular weight excluding hydrogens is 194 g/mol. The van der Waals surface area contributed by atoms with E-state index in [1.54, 1.807) is 0 Å². The number of hydrogen-bond acceptors (Lipinski definition) is 0. The van der Waals surface area contributed by atoms with Crippen LogP contribution in [0.1, 0.15) is 50.0 Å². The number of hydrogen-bond donors (Lipinski definition) is 0. The molecule has 1 nitrogen and oxygen atoms in total. The van der Waals surface area contributed by atoms with Gasteiger partial charge in [0.25, 0.3) is 0 Å². The maximum atomic E-state index is 2.56. The summed E-state index contributed by atoms with van der Waals surface area (Å²) in [5.41, 5.74) is 2.88. The molecule has 0 aromatic carbocycles. The molecule has 2 fully saturated rings. The lowest BCUT2D eigenvalue weighted by Crippen LogP contribution is -2.23. The Labute approximate surface area is 98.9 Å². The van der Waals surface area contributed by atoms with Crippen LogP contribution in [-0.4, -0.2) is 4.57 Å². The molecule has 4 atom stereocenters. The molecule has 1 heterocycles. The maximum Gasteiger partial charge on any atom is 0.0338 e. The second-order valence-corrected chi connectivity index (χ2v) is 6.07. The molecule has 88 valence electrons. The quantitative estimate of drug-likeness (QED) is 0.703. The third kappa shape index (κ3) is 1.44. The first-order chi connectivity index (χ1) is 7.66. The van der Waals surface area contributed by atoms with Gasteiger partial charge in [0.15, 0.2) is 0 Å². The van der Waals surface area contributed by atoms with E-state index in [0.717, 1.165) is 17.8 Å². The Hall–Kier alpha value is -0.720. The van der Waals surface area contributed by atoms with Crippen LogP contribution >= 0.6 is 0 Å². The number of rotatable bonds is 2. The highest BCUT2D eigenvalue weighted by Gasteiger charge is 2.42. The van der Waals surface area contributed by atoms with Gasteiger partial charge in [0.05, 0.1) is 0 Å². The molecule has 2 aliphatic carbocycles. The van der Waals surface area contributed by atoms with Gasteiger partial charge in [-0.2, -0.15) is 0 Å². The van der Waals surface area contributed by atoms with Gasteiger partial charge in [-0.15, -0.1) is 0 Å². The van der Waals surface area contributed by atoms with Crippen LogP contribution in [0.2, 0.25) is 0 Å². The van der Waals surface area contributed by atoms with Gasteiger partial charge in [-0.05, 0) is 69.9 Å². The average Bonchev–Trinajstić information content (AvgIpc) is 2.93. The molecule has 0 unspecified atom stereocenters. The zero-order valence-corrected chi connectivity index (χ0v) is 10.7. The van der Waals surface area contributed by atoms with Crippen LogP contribution in [-0.2, 0) is 0 Å². The van der Waals surface area contributed by atoms with E-state index in [4.69, 9.17) is 0 Å². The Morgan fingerprint density at radius 2 is 1.81 bits per heavy atom. The lowest BCUT2D eigenvalue weighted by molar-refractivity contribution is 0.239. The second-order valence-electron chi connectivity index (χ2n) is 6.07. The summed E-state index contributed by atoms with van der Waals surface area (Å²) in [6.07, 6.45) is 6.02. The Kier molecular flexibility index (Phi) is 2.38. The maximum absolute atomic E-state index is 2.56. The van der Waals surface area contributed by atoms with Crippen molar-refractivity contribution in [2.75, 3.05) is 0 Å². The highest BCUT2D eigenvalue weighted by Crippen LogP contribution is 2.52. The summed E-state index contributed by atoms with van der Waals surface area (Å²) < 4.78 is 2.56. The molecular formula is C15H23N. The predicted molar refractivity (Wildman–Crippen MR) is 67.6 cm³/mol. The van der Waals surface area contributed by atoms with Crippen molar-refractivity contribution < 1.29 is 0 Å². The molecule has 16 heavy (non-hydrogen) atoms. The van der Waals surface area contributed by atoms with Crippen molar-refractivity contribution in [3.8, 4) is 0 Å². The molecule has 0 saturated heterocycles. The van der Waals surface area contributed by atoms with Gasteiger partial charge >= 0.3 is 0 Å². The third-order valence-electron chi connectivity index (χ3n) is 5.15. The Morgan fingerprint density at radius 1 is 1.12 bits per heavy atom. The summed E-state index contributed by atoms with van der Waals surface area (Å²) in [6, 6.07) is 5.24. The van der Waals surface area contributed by atoms with Crippen LogP contribution in [0.4, 0.5) is 0 Å². The van der Waals surface area contributed by atoms with E-state index in [0.29, 0.717) is 6.04 Å². The number of aryl methyl sites for hydroxylation is 2. The van der Waals surface area contributed by atoms with E-state index in [1.165, 1.54) is 37.1 Å². The van der Waals surface area contributed by atoms with Gasteiger partial charge in [-0.3, -0.25) is 0 Å². The van der Waals surface area contributed by atoms with E-state index < -0.39 is 0 Å². The normalized spacial score (nSPS) is 34.6. The molecule has 0 aliphatic heterocycles. The topological polar surface area (TPSA) is 4.93 Å². The zero-order chi connectivity index (χ0) is 11.3. The molecule has 1 aromatic heterocycles. The van der Waals surface area contributed by atoms with Crippen molar-refractivity contribution in [1.82, 2.24) is 4.57 Å². The predicted octanol–water partition coefficient (Wildman–Crippen LogP) is 4.10. The molecule has 3 rings (SSSR count). The summed E-state index contributed by atoms with van der Waals surface area (Å²) in [6.45, 7) is 6.93. The standard InChI is InChI=1S/C15H23N/c1-10-4-5-11(2)16(10)12(3)15-9-13-6-7-14(15)8-13/h4-5,12-15H,6-9H2,1-3H3/t12-,13+,14+,15+/m1/s1. The van der Waals surface area contributed by atoms with Crippen molar-refractivity contribution in [1.29, 1.82) is 0 Å². The van der Waals surface area contributed by atoms with Crippen LogP contribution in [0.5, 0.6) is 0 Å². The molecule has 0 spiro atoms. The second kappa shape index (κ2) is 3.65. The van der Waals surface area contributed by atoms with Gasteiger partial charge in [-0.1, -0.05) is 6.42 Å². The Bertz CT molecular complexity index is 371. The summed E-state index contributed by atoms with van der Waals surface area (Å²) in [5, 5.41) is 0. The minimum atomic E-state index is 0.713. The van der Waals surface area contributed by atoms with Gasteiger partial charge in [-0.25, -0.2) is 0 Å². The van der Waals surface area contributed by atoms with Crippen molar-refractivity contribution in [2.24, 2.45) is 17.8 Å². The highest BCUT2D eigenvalue weighted by molar-refractivity contribution is 5.15. The summed E-state index contributed by atoms with van der Waals surface area (Å²) >= 11 is 0. The molecule has 0 radical (unpaired) electrons. The van der Waals surface area contributed by atoms with Crippen LogP contribution in [0.25, 0.3) is 0 Å². The van der Waals surface area contributed by atoms with Crippen LogP contribution in [0.3, 0.4) is 0 Å². The van der Waals surface area contributed by atoms with Gasteiger partial charge in [0.2, 0.25) is 0 Å². The zero-order valence-electron chi connectivity index (χ0n) is 10.7. The lowest BCUT2D eigenvalue weighted by Gasteiger charge is -2.31. The summed E-state index contributed by atoms with van der Waals surface area (Å²) in [5.74, 6) is 3.04. The summed E-state index contributed by atoms with van der Waals surface area (Å²) in [4.78, 5) is 0. The first-order valence-corrected chi connectivity index (χ1v) is 6.81. The van der Waals surface area contributed by atoms with Gasteiger partial charge in [0, 0.05) is 17.4 Å². The molecule has 2 bridgehead atoms. The van der Waals surface area contributed by atoms with Crippen molar-refractivity contribution >= 4 is 0 Å². The SMILES string of the molecule is Cc1ccc(C)n1[C@H](C)[C@@H]1C[C@H]2CC[C@H]1C2. The van der Waals surface area contributed by atoms with E-state index in [-0.39, 0.29) is 0 Å². The van der Waals surface area contributed by atoms with Gasteiger partial charge in [0.1, 0.15) is 0 Å². The van der Waals surface area contributed by atoms with Crippen molar-refractivity contribution in [3.63, 3.8) is 0 Å². The fourth-order valence-corrected chi connectivity index (χ4v) is 4.40. The van der Waals surface area contributed by atoms with E-state index in [1.807, 2.05) is 0 Å². The minimum Gasteiger partial charge on any atom is -0.346 e. The molecule has 1 aromatic rings. The van der Waals surface area contributed by atoms with Crippen LogP contribution in [0.15, 0.2) is 12.1 Å². The third-order valence-corrected chi connectivity index (χ3v) is 5.15. The molecule has 2 aliphatic rings. The summed E-state index contributed by atoms with van der Waals surface area (Å²) in [7, 11) is 0. The van der Waals surface area contributed by atoms with Crippen molar-refractivity contribution in [2.45, 2.75) is 52.5 Å². The van der Waals surface area contributed by atoms with E-state index in [2.05, 4.69) is 37.5 Å². The number of nitrogens with zero attached hydrogens (tertiary/aromatic N) is 1. The Balaban J connectivity index is 1.85. The van der Waals surface area contributed by atoms with Gasteiger partial charge < -0.3 is 4.57 Å². The first-order valence-electron chi connectivity index (χ1n) is 6.81. The largest absolute Gasteiger partial charge is 0.346 e. The molecule has 0 N–H and O–H groups in total. The molecule has 2 saturated carbocycles. The number of fused-ring (bicyclic) bond motifs is 2. The van der Waals surface area contributed by atoms with Crippen LogP contribution in [0, 0.1) is 31.6 Å². The number of aromatic nitrogens is 1. The fourth-order valence-electron chi connectivity index (χ4n) is 4.40. The lowest BCUT2D eigenvalue weighted by atomic mass is 9.83. The minimum absolute atomic E-state index is 0.713. The van der Waals surface area contributed by atoms with Crippen molar-refractivity contribution in [3.05, 3.63) is 23.5 Å². The highest BCUT2D eigenvalue weighted by atomic mass is 15.0. The fraction of sp³-hybridized carbons (Fsp3) is 0.733. The first kappa shape index (κ1) is 10.4.